The van der Waals surface area contributed by atoms with Gasteiger partial charge in [-0.05, 0) is 18.9 Å². The van der Waals surface area contributed by atoms with E-state index < -0.39 is 0 Å². The fourth-order valence-electron chi connectivity index (χ4n) is 1.53. The topological polar surface area (TPSA) is 26.3 Å². The van der Waals surface area contributed by atoms with E-state index in [1.54, 1.807) is 6.92 Å². The predicted molar refractivity (Wildman–Crippen MR) is 78.4 cm³/mol. The number of unbranched alkanes of at least 4 members (excludes halogenated alkanes) is 2. The molecule has 0 aromatic heterocycles. The summed E-state index contributed by atoms with van der Waals surface area (Å²) < 4.78 is 4.94. The lowest BCUT2D eigenvalue weighted by molar-refractivity contribution is -0.137. The third kappa shape index (κ3) is 5.92. The Balaban J connectivity index is 2.90. The van der Waals surface area contributed by atoms with Gasteiger partial charge in [0.15, 0.2) is 0 Å². The first-order valence-corrected chi connectivity index (χ1v) is 6.70. The largest absolute Gasteiger partial charge is 0.463 e. The summed E-state index contributed by atoms with van der Waals surface area (Å²) in [5.41, 5.74) is 1.66. The van der Waals surface area contributed by atoms with Crippen LogP contribution in [0, 0.1) is 11.8 Å². The Bertz CT molecular complexity index is 475. The zero-order valence-electron chi connectivity index (χ0n) is 11.6. The Hall–Kier alpha value is -2.01. The summed E-state index contributed by atoms with van der Waals surface area (Å²) >= 11 is 0. The molecule has 0 heterocycles. The van der Waals surface area contributed by atoms with Crippen molar-refractivity contribution >= 4 is 11.5 Å². The molecule has 1 aromatic carbocycles. The van der Waals surface area contributed by atoms with Gasteiger partial charge in [-0.15, -0.1) is 0 Å². The number of rotatable bonds is 5. The summed E-state index contributed by atoms with van der Waals surface area (Å²) in [6.07, 6.45) is 4.52. The van der Waals surface area contributed by atoms with E-state index in [0.717, 1.165) is 30.4 Å². The summed E-state index contributed by atoms with van der Waals surface area (Å²) in [6.45, 7) is 4.30. The van der Waals surface area contributed by atoms with Crippen LogP contribution in [0.25, 0.3) is 5.57 Å². The van der Waals surface area contributed by atoms with Crippen LogP contribution in [0.5, 0.6) is 0 Å². The lowest BCUT2D eigenvalue weighted by Crippen LogP contribution is -2.00. The molecule has 0 unspecified atom stereocenters. The molecule has 0 bridgehead atoms. The number of benzene rings is 1. The van der Waals surface area contributed by atoms with Gasteiger partial charge in [-0.2, -0.15) is 0 Å². The number of hydrogen-bond donors (Lipinski definition) is 0. The molecule has 0 aliphatic carbocycles. The molecule has 2 nitrogen and oxygen atoms in total. The highest BCUT2D eigenvalue weighted by Gasteiger charge is 2.02. The highest BCUT2D eigenvalue weighted by atomic mass is 16.5. The van der Waals surface area contributed by atoms with Crippen molar-refractivity contribution in [2.75, 3.05) is 6.61 Å². The van der Waals surface area contributed by atoms with E-state index >= 15 is 0 Å². The summed E-state index contributed by atoms with van der Waals surface area (Å²) in [6, 6.07) is 9.69. The van der Waals surface area contributed by atoms with E-state index in [1.165, 1.54) is 6.08 Å². The van der Waals surface area contributed by atoms with Crippen molar-refractivity contribution < 1.29 is 9.53 Å². The van der Waals surface area contributed by atoms with E-state index in [0.29, 0.717) is 6.61 Å². The van der Waals surface area contributed by atoms with Gasteiger partial charge >= 0.3 is 5.97 Å². The highest BCUT2D eigenvalue weighted by Crippen LogP contribution is 2.13. The Kier molecular flexibility index (Phi) is 7.12. The molecule has 0 spiro atoms. The summed E-state index contributed by atoms with van der Waals surface area (Å²) in [7, 11) is 0. The lowest BCUT2D eigenvalue weighted by Gasteiger charge is -2.01. The molecular formula is C17H20O2. The van der Waals surface area contributed by atoms with Crippen LogP contribution in [-0.4, -0.2) is 12.6 Å². The fraction of sp³-hybridized carbons (Fsp3) is 0.353. The van der Waals surface area contributed by atoms with Crippen molar-refractivity contribution in [2.24, 2.45) is 0 Å². The van der Waals surface area contributed by atoms with Crippen LogP contribution in [0.1, 0.15) is 38.7 Å². The van der Waals surface area contributed by atoms with Gasteiger partial charge in [-0.3, -0.25) is 0 Å². The van der Waals surface area contributed by atoms with Gasteiger partial charge in [-0.1, -0.05) is 55.5 Å². The van der Waals surface area contributed by atoms with Crippen molar-refractivity contribution in [1.29, 1.82) is 0 Å². The fourth-order valence-corrected chi connectivity index (χ4v) is 1.53. The highest BCUT2D eigenvalue weighted by molar-refractivity contribution is 5.96. The van der Waals surface area contributed by atoms with Gasteiger partial charge in [0.1, 0.15) is 0 Å². The second kappa shape index (κ2) is 8.99. The van der Waals surface area contributed by atoms with Crippen molar-refractivity contribution in [1.82, 2.24) is 0 Å². The first-order chi connectivity index (χ1) is 9.27. The molecule has 0 amide bonds. The van der Waals surface area contributed by atoms with Gasteiger partial charge in [-0.25, -0.2) is 4.79 Å². The monoisotopic (exact) mass is 256 g/mol. The lowest BCUT2D eigenvalue weighted by atomic mass is 10.1. The zero-order chi connectivity index (χ0) is 13.9. The van der Waals surface area contributed by atoms with Crippen molar-refractivity contribution in [3.8, 4) is 11.8 Å². The molecule has 0 atom stereocenters. The normalized spacial score (nSPS) is 10.5. The number of ether oxygens (including phenoxy) is 1. The molecule has 0 saturated carbocycles. The number of allylic oxidation sites excluding steroid dienone is 1. The summed E-state index contributed by atoms with van der Waals surface area (Å²) in [5.74, 6) is 5.84. The van der Waals surface area contributed by atoms with Crippen molar-refractivity contribution in [2.45, 2.75) is 33.1 Å². The maximum absolute atomic E-state index is 11.5. The second-order valence-corrected chi connectivity index (χ2v) is 4.08. The van der Waals surface area contributed by atoms with Gasteiger partial charge in [0.05, 0.1) is 6.61 Å². The molecule has 19 heavy (non-hydrogen) atoms. The van der Waals surface area contributed by atoms with Crippen LogP contribution in [-0.2, 0) is 9.53 Å². The minimum absolute atomic E-state index is 0.342. The molecule has 0 fully saturated rings. The van der Waals surface area contributed by atoms with Gasteiger partial charge in [0, 0.05) is 18.1 Å². The van der Waals surface area contributed by atoms with Crippen LogP contribution >= 0.6 is 0 Å². The first-order valence-electron chi connectivity index (χ1n) is 6.70. The van der Waals surface area contributed by atoms with Gasteiger partial charge in [0.2, 0.25) is 0 Å². The first kappa shape index (κ1) is 15.0. The van der Waals surface area contributed by atoms with E-state index in [4.69, 9.17) is 4.74 Å². The predicted octanol–water partition coefficient (Wildman–Crippen LogP) is 3.83. The number of hydrogen-bond acceptors (Lipinski definition) is 2. The third-order valence-corrected chi connectivity index (χ3v) is 2.51. The average Bonchev–Trinajstić information content (AvgIpc) is 2.43. The molecule has 2 heteroatoms. The SMILES string of the molecule is CCCCC#C/C(=C\C(=O)OCC)c1ccccc1. The number of esters is 1. The Morgan fingerprint density at radius 1 is 1.26 bits per heavy atom. The van der Waals surface area contributed by atoms with Crippen LogP contribution < -0.4 is 0 Å². The Morgan fingerprint density at radius 3 is 2.63 bits per heavy atom. The Morgan fingerprint density at radius 2 is 2.00 bits per heavy atom. The van der Waals surface area contributed by atoms with E-state index in [1.807, 2.05) is 30.3 Å². The zero-order valence-corrected chi connectivity index (χ0v) is 11.6. The molecule has 0 radical (unpaired) electrons. The molecule has 1 rings (SSSR count). The quantitative estimate of drug-likeness (QED) is 0.346. The maximum Gasteiger partial charge on any atom is 0.332 e. The number of carbonyl (C=O) groups excluding carboxylic acids is 1. The summed E-state index contributed by atoms with van der Waals surface area (Å²) in [5, 5.41) is 0. The van der Waals surface area contributed by atoms with Crippen LogP contribution in [0.4, 0.5) is 0 Å². The molecule has 100 valence electrons. The van der Waals surface area contributed by atoms with Crippen molar-refractivity contribution in [3.05, 3.63) is 42.0 Å². The maximum atomic E-state index is 11.5. The van der Waals surface area contributed by atoms with Gasteiger partial charge in [0.25, 0.3) is 0 Å². The molecule has 0 N–H and O–H groups in total. The second-order valence-electron chi connectivity index (χ2n) is 4.08. The van der Waals surface area contributed by atoms with E-state index in [2.05, 4.69) is 18.8 Å². The Labute approximate surface area is 115 Å². The standard InChI is InChI=1S/C17H20O2/c1-3-5-6-8-13-16(14-17(18)19-4-2)15-11-9-7-10-12-15/h7,9-12,14H,3-6H2,1-2H3/b16-14+. The van der Waals surface area contributed by atoms with E-state index in [-0.39, 0.29) is 5.97 Å². The molecule has 0 aliphatic rings. The van der Waals surface area contributed by atoms with Crippen LogP contribution in [0.2, 0.25) is 0 Å². The molecular weight excluding hydrogens is 236 g/mol. The molecule has 0 aliphatic heterocycles. The minimum Gasteiger partial charge on any atom is -0.463 e. The third-order valence-electron chi connectivity index (χ3n) is 2.51. The average molecular weight is 256 g/mol. The van der Waals surface area contributed by atoms with E-state index in [9.17, 15) is 4.79 Å². The van der Waals surface area contributed by atoms with Crippen molar-refractivity contribution in [3.63, 3.8) is 0 Å². The minimum atomic E-state index is -0.342. The number of carbonyl (C=O) groups is 1. The van der Waals surface area contributed by atoms with Crippen LogP contribution in [0.3, 0.4) is 0 Å². The molecule has 1 aromatic rings. The molecule has 0 saturated heterocycles. The van der Waals surface area contributed by atoms with Gasteiger partial charge < -0.3 is 4.74 Å². The summed E-state index contributed by atoms with van der Waals surface area (Å²) in [4.78, 5) is 11.5. The van der Waals surface area contributed by atoms with Crippen LogP contribution in [0.15, 0.2) is 36.4 Å². The smallest absolute Gasteiger partial charge is 0.332 e.